The van der Waals surface area contributed by atoms with E-state index in [1.807, 2.05) is 43.3 Å². The van der Waals surface area contributed by atoms with Crippen molar-refractivity contribution in [3.05, 3.63) is 94.5 Å². The number of carbonyl (C=O) groups is 1. The first kappa shape index (κ1) is 21.6. The Balaban J connectivity index is 1.60. The molecule has 2 heterocycles. The number of halogens is 1. The van der Waals surface area contributed by atoms with Gasteiger partial charge in [0.15, 0.2) is 5.17 Å². The van der Waals surface area contributed by atoms with Gasteiger partial charge in [-0.25, -0.2) is 4.39 Å². The summed E-state index contributed by atoms with van der Waals surface area (Å²) < 4.78 is 19.5. The number of amides is 1. The maximum atomic E-state index is 14.1. The molecule has 0 spiro atoms. The fourth-order valence-corrected chi connectivity index (χ4v) is 3.94. The summed E-state index contributed by atoms with van der Waals surface area (Å²) >= 11 is 1.15. The number of benzene rings is 2. The van der Waals surface area contributed by atoms with Crippen LogP contribution in [0.2, 0.25) is 0 Å². The van der Waals surface area contributed by atoms with Gasteiger partial charge in [0.05, 0.1) is 23.9 Å². The molecule has 8 heteroatoms. The Morgan fingerprint density at radius 3 is 2.56 bits per heavy atom. The number of carbonyl (C=O) groups excluding carboxylic acids is 1. The minimum Gasteiger partial charge on any atom is -0.467 e. The monoisotopic (exact) mass is 448 g/mol. The summed E-state index contributed by atoms with van der Waals surface area (Å²) in [5.41, 5.74) is 2.30. The Hall–Kier alpha value is -3.65. The van der Waals surface area contributed by atoms with E-state index in [1.165, 1.54) is 17.0 Å². The van der Waals surface area contributed by atoms with Gasteiger partial charge in [-0.05, 0) is 53.7 Å². The second kappa shape index (κ2) is 9.65. The van der Waals surface area contributed by atoms with E-state index in [1.54, 1.807) is 42.8 Å². The van der Waals surface area contributed by atoms with E-state index >= 15 is 0 Å². The Labute approximate surface area is 189 Å². The molecule has 1 aromatic heterocycles. The van der Waals surface area contributed by atoms with Crippen molar-refractivity contribution in [1.29, 1.82) is 0 Å². The van der Waals surface area contributed by atoms with E-state index in [0.717, 1.165) is 23.0 Å². The highest BCUT2D eigenvalue weighted by Gasteiger charge is 2.34. The standard InChI is InChI=1S/C24H21FN4O2S/c1-28(2)19-11-9-17(10-12-19)15-26-27-24-29(16-20-7-5-13-31-20)23(30)22(32-24)14-18-6-3-4-8-21(18)25/h3-15H,16H2,1-2H3/b22-14-,26-15+,27-24-. The van der Waals surface area contributed by atoms with Crippen molar-refractivity contribution >= 4 is 40.8 Å². The van der Waals surface area contributed by atoms with Crippen molar-refractivity contribution in [2.24, 2.45) is 10.2 Å². The molecule has 1 amide bonds. The summed E-state index contributed by atoms with van der Waals surface area (Å²) in [6.07, 6.45) is 4.70. The maximum Gasteiger partial charge on any atom is 0.267 e. The maximum absolute atomic E-state index is 14.1. The van der Waals surface area contributed by atoms with Gasteiger partial charge >= 0.3 is 0 Å². The van der Waals surface area contributed by atoms with Crippen LogP contribution in [0.1, 0.15) is 16.9 Å². The quantitative estimate of drug-likeness (QED) is 0.303. The number of hydrogen-bond acceptors (Lipinski definition) is 6. The molecule has 162 valence electrons. The predicted octanol–water partition coefficient (Wildman–Crippen LogP) is 4.99. The minimum atomic E-state index is -0.393. The van der Waals surface area contributed by atoms with Crippen molar-refractivity contribution in [3.8, 4) is 0 Å². The van der Waals surface area contributed by atoms with Crippen LogP contribution in [0.5, 0.6) is 0 Å². The number of furan rings is 1. The first-order valence-electron chi connectivity index (χ1n) is 9.88. The van der Waals surface area contributed by atoms with E-state index in [4.69, 9.17) is 4.42 Å². The van der Waals surface area contributed by atoms with Crippen LogP contribution in [0.4, 0.5) is 10.1 Å². The number of hydrogen-bond donors (Lipinski definition) is 0. The highest BCUT2D eigenvalue weighted by atomic mass is 32.2. The molecule has 6 nitrogen and oxygen atoms in total. The van der Waals surface area contributed by atoms with Crippen LogP contribution in [0.25, 0.3) is 6.08 Å². The number of amidine groups is 1. The largest absolute Gasteiger partial charge is 0.467 e. The highest BCUT2D eigenvalue weighted by Crippen LogP contribution is 2.34. The summed E-state index contributed by atoms with van der Waals surface area (Å²) in [7, 11) is 3.95. The van der Waals surface area contributed by atoms with Gasteiger partial charge in [-0.3, -0.25) is 9.69 Å². The van der Waals surface area contributed by atoms with Gasteiger partial charge in [0.1, 0.15) is 11.6 Å². The van der Waals surface area contributed by atoms with E-state index in [0.29, 0.717) is 21.4 Å². The fourth-order valence-electron chi connectivity index (χ4n) is 3.02. The number of rotatable bonds is 6. The molecule has 0 radical (unpaired) electrons. The van der Waals surface area contributed by atoms with E-state index in [2.05, 4.69) is 10.2 Å². The first-order chi connectivity index (χ1) is 15.5. The number of anilines is 1. The van der Waals surface area contributed by atoms with Crippen molar-refractivity contribution < 1.29 is 13.6 Å². The fraction of sp³-hybridized carbons (Fsp3) is 0.125. The lowest BCUT2D eigenvalue weighted by Gasteiger charge is -2.12. The zero-order valence-electron chi connectivity index (χ0n) is 17.6. The average molecular weight is 449 g/mol. The summed E-state index contributed by atoms with van der Waals surface area (Å²) in [6.45, 7) is 0.208. The third-order valence-electron chi connectivity index (χ3n) is 4.73. The van der Waals surface area contributed by atoms with Crippen LogP contribution < -0.4 is 4.90 Å². The molecule has 1 aliphatic heterocycles. The summed E-state index contributed by atoms with van der Waals surface area (Å²) in [5, 5.41) is 8.84. The zero-order valence-corrected chi connectivity index (χ0v) is 18.4. The molecule has 2 aromatic carbocycles. The van der Waals surface area contributed by atoms with E-state index in [-0.39, 0.29) is 12.5 Å². The number of thioether (sulfide) groups is 1. The SMILES string of the molecule is CN(C)c1ccc(/C=N/N=C2\S/C(=C\c3ccccc3F)C(=O)N2Cc2ccco2)cc1. The van der Waals surface area contributed by atoms with Gasteiger partial charge in [-0.2, -0.15) is 5.10 Å². The normalized spacial score (nSPS) is 16.6. The lowest BCUT2D eigenvalue weighted by molar-refractivity contribution is -0.122. The van der Waals surface area contributed by atoms with Crippen LogP contribution in [-0.4, -0.2) is 36.3 Å². The number of nitrogens with zero attached hydrogens (tertiary/aromatic N) is 4. The summed E-state index contributed by atoms with van der Waals surface area (Å²) in [4.78, 5) is 16.9. The van der Waals surface area contributed by atoms with Crippen molar-refractivity contribution in [3.63, 3.8) is 0 Å². The molecule has 0 unspecified atom stereocenters. The van der Waals surface area contributed by atoms with E-state index in [9.17, 15) is 9.18 Å². The third kappa shape index (κ3) is 4.97. The lowest BCUT2D eigenvalue weighted by atomic mass is 10.2. The van der Waals surface area contributed by atoms with Crippen LogP contribution in [0.3, 0.4) is 0 Å². The van der Waals surface area contributed by atoms with Gasteiger partial charge in [0, 0.05) is 25.3 Å². The molecule has 0 aliphatic carbocycles. The van der Waals surface area contributed by atoms with Crippen molar-refractivity contribution in [1.82, 2.24) is 4.90 Å². The topological polar surface area (TPSA) is 61.4 Å². The highest BCUT2D eigenvalue weighted by molar-refractivity contribution is 8.18. The van der Waals surface area contributed by atoms with Crippen LogP contribution in [-0.2, 0) is 11.3 Å². The Bertz CT molecular complexity index is 1180. The van der Waals surface area contributed by atoms with Gasteiger partial charge in [-0.1, -0.05) is 30.3 Å². The molecule has 32 heavy (non-hydrogen) atoms. The third-order valence-corrected chi connectivity index (χ3v) is 5.73. The van der Waals surface area contributed by atoms with Gasteiger partial charge in [0.25, 0.3) is 5.91 Å². The molecule has 3 aromatic rings. The molecule has 0 N–H and O–H groups in total. The second-order valence-electron chi connectivity index (χ2n) is 7.22. The molecule has 1 aliphatic rings. The molecule has 4 rings (SSSR count). The molecule has 1 fully saturated rings. The van der Waals surface area contributed by atoms with E-state index < -0.39 is 5.82 Å². The first-order valence-corrected chi connectivity index (χ1v) is 10.7. The molecule has 0 saturated carbocycles. The van der Waals surface area contributed by atoms with Crippen molar-refractivity contribution in [2.75, 3.05) is 19.0 Å². The van der Waals surface area contributed by atoms with Gasteiger partial charge < -0.3 is 9.32 Å². The Kier molecular flexibility index (Phi) is 6.51. The Morgan fingerprint density at radius 2 is 1.88 bits per heavy atom. The average Bonchev–Trinajstić information content (AvgIpc) is 3.40. The van der Waals surface area contributed by atoms with Crippen molar-refractivity contribution in [2.45, 2.75) is 6.54 Å². The Morgan fingerprint density at radius 1 is 1.09 bits per heavy atom. The van der Waals surface area contributed by atoms with Crippen LogP contribution >= 0.6 is 11.8 Å². The molecular formula is C24H21FN4O2S. The summed E-state index contributed by atoms with van der Waals surface area (Å²) in [5.74, 6) is -0.0588. The predicted molar refractivity (Wildman–Crippen MR) is 127 cm³/mol. The molecule has 1 saturated heterocycles. The summed E-state index contributed by atoms with van der Waals surface area (Å²) in [6, 6.07) is 17.7. The van der Waals surface area contributed by atoms with Crippen LogP contribution in [0, 0.1) is 5.82 Å². The smallest absolute Gasteiger partial charge is 0.267 e. The second-order valence-corrected chi connectivity index (χ2v) is 8.23. The van der Waals surface area contributed by atoms with Gasteiger partial charge in [-0.15, -0.1) is 5.10 Å². The molecular weight excluding hydrogens is 427 g/mol. The zero-order chi connectivity index (χ0) is 22.5. The van der Waals surface area contributed by atoms with Crippen LogP contribution in [0.15, 0.2) is 86.5 Å². The van der Waals surface area contributed by atoms with Gasteiger partial charge in [0.2, 0.25) is 0 Å². The molecule has 0 atom stereocenters. The lowest BCUT2D eigenvalue weighted by Crippen LogP contribution is -2.28. The minimum absolute atomic E-state index is 0.208. The molecule has 0 bridgehead atoms.